The SMILES string of the molecule is COc1cc(Nc2nc(Oc3cccc4c3N(C(C)=O)CCC4)ncc2Br)cc(O)c1OC. The van der Waals surface area contributed by atoms with Crippen LogP contribution in [0.3, 0.4) is 0 Å². The van der Waals surface area contributed by atoms with E-state index in [-0.39, 0.29) is 23.4 Å². The van der Waals surface area contributed by atoms with Gasteiger partial charge in [0.15, 0.2) is 23.1 Å². The maximum absolute atomic E-state index is 12.2. The molecule has 2 heterocycles. The van der Waals surface area contributed by atoms with Gasteiger partial charge < -0.3 is 29.5 Å². The van der Waals surface area contributed by atoms with Crippen LogP contribution in [0.25, 0.3) is 0 Å². The Balaban J connectivity index is 1.65. The van der Waals surface area contributed by atoms with Gasteiger partial charge in [-0.15, -0.1) is 0 Å². The number of methoxy groups -OCH3 is 2. The molecule has 3 aromatic rings. The number of rotatable bonds is 6. The van der Waals surface area contributed by atoms with E-state index in [1.807, 2.05) is 12.1 Å². The molecule has 33 heavy (non-hydrogen) atoms. The number of fused-ring (bicyclic) bond motifs is 1. The van der Waals surface area contributed by atoms with Crippen molar-refractivity contribution in [3.05, 3.63) is 46.6 Å². The third-order valence-electron chi connectivity index (χ3n) is 5.21. The Labute approximate surface area is 199 Å². The van der Waals surface area contributed by atoms with Gasteiger partial charge in [-0.25, -0.2) is 4.98 Å². The molecule has 0 fully saturated rings. The summed E-state index contributed by atoms with van der Waals surface area (Å²) in [5, 5.41) is 13.4. The first kappa shape index (κ1) is 22.7. The Morgan fingerprint density at radius 1 is 1.21 bits per heavy atom. The molecule has 2 aromatic carbocycles. The minimum atomic E-state index is -0.0822. The molecule has 1 aromatic heterocycles. The fourth-order valence-electron chi connectivity index (χ4n) is 3.75. The number of benzene rings is 2. The van der Waals surface area contributed by atoms with E-state index in [0.717, 1.165) is 24.1 Å². The van der Waals surface area contributed by atoms with E-state index in [1.54, 1.807) is 30.2 Å². The maximum atomic E-state index is 12.2. The molecule has 0 atom stereocenters. The Morgan fingerprint density at radius 3 is 2.76 bits per heavy atom. The lowest BCUT2D eigenvalue weighted by molar-refractivity contribution is -0.116. The Bertz CT molecular complexity index is 1200. The van der Waals surface area contributed by atoms with Gasteiger partial charge >= 0.3 is 6.01 Å². The summed E-state index contributed by atoms with van der Waals surface area (Å²) in [6, 6.07) is 8.96. The number of anilines is 3. The first-order valence-electron chi connectivity index (χ1n) is 10.2. The number of aryl methyl sites for hydroxylation is 1. The summed E-state index contributed by atoms with van der Waals surface area (Å²) in [6.07, 6.45) is 3.33. The van der Waals surface area contributed by atoms with Crippen molar-refractivity contribution in [3.63, 3.8) is 0 Å². The number of nitrogens with zero attached hydrogens (tertiary/aromatic N) is 3. The second kappa shape index (κ2) is 9.53. The topological polar surface area (TPSA) is 106 Å². The highest BCUT2D eigenvalue weighted by molar-refractivity contribution is 9.10. The van der Waals surface area contributed by atoms with Crippen LogP contribution in [-0.4, -0.2) is 41.7 Å². The molecule has 0 bridgehead atoms. The number of ether oxygens (including phenoxy) is 3. The van der Waals surface area contributed by atoms with Gasteiger partial charge in [0.05, 0.1) is 30.6 Å². The van der Waals surface area contributed by atoms with Gasteiger partial charge in [-0.2, -0.15) is 4.98 Å². The van der Waals surface area contributed by atoms with Gasteiger partial charge in [-0.05, 0) is 40.4 Å². The van der Waals surface area contributed by atoms with E-state index in [2.05, 4.69) is 31.2 Å². The van der Waals surface area contributed by atoms with E-state index in [1.165, 1.54) is 20.3 Å². The van der Waals surface area contributed by atoms with Crippen molar-refractivity contribution in [1.29, 1.82) is 0 Å². The molecular weight excluding hydrogens is 492 g/mol. The molecule has 9 nitrogen and oxygen atoms in total. The molecule has 0 aliphatic carbocycles. The normalized spacial score (nSPS) is 12.7. The van der Waals surface area contributed by atoms with Crippen LogP contribution in [0.1, 0.15) is 18.9 Å². The molecule has 0 saturated carbocycles. The third kappa shape index (κ3) is 4.65. The molecule has 1 aliphatic rings. The summed E-state index contributed by atoms with van der Waals surface area (Å²) in [6.45, 7) is 2.18. The van der Waals surface area contributed by atoms with Crippen molar-refractivity contribution in [1.82, 2.24) is 9.97 Å². The number of nitrogens with one attached hydrogen (secondary N) is 1. The Hall–Kier alpha value is -3.53. The van der Waals surface area contributed by atoms with Crippen molar-refractivity contribution >= 4 is 39.0 Å². The summed E-state index contributed by atoms with van der Waals surface area (Å²) in [5.41, 5.74) is 2.32. The summed E-state index contributed by atoms with van der Waals surface area (Å²) in [5.74, 6) is 1.40. The monoisotopic (exact) mass is 514 g/mol. The van der Waals surface area contributed by atoms with Crippen LogP contribution in [0, 0.1) is 0 Å². The smallest absolute Gasteiger partial charge is 0.324 e. The van der Waals surface area contributed by atoms with Crippen LogP contribution in [0.15, 0.2) is 41.0 Å². The zero-order valence-electron chi connectivity index (χ0n) is 18.4. The minimum absolute atomic E-state index is 0.0423. The zero-order chi connectivity index (χ0) is 23.5. The van der Waals surface area contributed by atoms with Gasteiger partial charge in [-0.1, -0.05) is 12.1 Å². The van der Waals surface area contributed by atoms with Crippen LogP contribution >= 0.6 is 15.9 Å². The fourth-order valence-corrected chi connectivity index (χ4v) is 4.04. The van der Waals surface area contributed by atoms with E-state index in [4.69, 9.17) is 14.2 Å². The highest BCUT2D eigenvalue weighted by atomic mass is 79.9. The van der Waals surface area contributed by atoms with Crippen LogP contribution in [0.5, 0.6) is 29.0 Å². The maximum Gasteiger partial charge on any atom is 0.324 e. The van der Waals surface area contributed by atoms with Crippen molar-refractivity contribution in [2.24, 2.45) is 0 Å². The summed E-state index contributed by atoms with van der Waals surface area (Å²) < 4.78 is 17.1. The predicted octanol–water partition coefficient (Wildman–Crippen LogP) is 4.80. The molecule has 4 rings (SSSR count). The highest BCUT2D eigenvalue weighted by Crippen LogP contribution is 2.41. The molecule has 1 aliphatic heterocycles. The zero-order valence-corrected chi connectivity index (χ0v) is 20.0. The van der Waals surface area contributed by atoms with E-state index >= 15 is 0 Å². The Morgan fingerprint density at radius 2 is 2.03 bits per heavy atom. The standard InChI is InChI=1S/C23H23BrN4O5/c1-13(29)28-9-5-7-14-6-4-8-18(20(14)28)33-23-25-12-16(24)22(27-23)26-15-10-17(30)21(32-3)19(11-15)31-2/h4,6,8,10-12,30H,5,7,9H2,1-3H3,(H,25,26,27). The lowest BCUT2D eigenvalue weighted by atomic mass is 10.0. The van der Waals surface area contributed by atoms with Gasteiger partial charge in [0.25, 0.3) is 0 Å². The Kier molecular flexibility index (Phi) is 6.55. The molecule has 0 radical (unpaired) electrons. The molecule has 2 N–H and O–H groups in total. The average Bonchev–Trinajstić information content (AvgIpc) is 2.80. The van der Waals surface area contributed by atoms with Crippen molar-refractivity contribution < 1.29 is 24.1 Å². The summed E-state index contributed by atoms with van der Waals surface area (Å²) in [4.78, 5) is 22.6. The first-order valence-corrected chi connectivity index (χ1v) is 11.0. The minimum Gasteiger partial charge on any atom is -0.504 e. The number of amides is 1. The number of carbonyl (C=O) groups excluding carboxylic acids is 1. The number of carbonyl (C=O) groups is 1. The number of phenolic OH excluding ortho intramolecular Hbond substituents is 1. The number of halogens is 1. The number of aromatic hydroxyl groups is 1. The van der Waals surface area contributed by atoms with Crippen molar-refractivity contribution in [3.8, 4) is 29.0 Å². The lowest BCUT2D eigenvalue weighted by Gasteiger charge is -2.30. The van der Waals surface area contributed by atoms with E-state index in [9.17, 15) is 9.90 Å². The number of para-hydroxylation sites is 1. The highest BCUT2D eigenvalue weighted by Gasteiger charge is 2.24. The number of hydrogen-bond donors (Lipinski definition) is 2. The molecule has 0 unspecified atom stereocenters. The fraction of sp³-hybridized carbons (Fsp3) is 0.261. The second-order valence-corrected chi connectivity index (χ2v) is 8.20. The molecular formula is C23H23BrN4O5. The lowest BCUT2D eigenvalue weighted by Crippen LogP contribution is -2.33. The molecule has 0 spiro atoms. The number of hydrogen-bond acceptors (Lipinski definition) is 8. The van der Waals surface area contributed by atoms with E-state index < -0.39 is 0 Å². The predicted molar refractivity (Wildman–Crippen MR) is 127 cm³/mol. The quantitative estimate of drug-likeness (QED) is 0.483. The van der Waals surface area contributed by atoms with Crippen LogP contribution in [-0.2, 0) is 11.2 Å². The van der Waals surface area contributed by atoms with Crippen LogP contribution in [0.2, 0.25) is 0 Å². The average molecular weight is 515 g/mol. The second-order valence-electron chi connectivity index (χ2n) is 7.35. The van der Waals surface area contributed by atoms with Gasteiger partial charge in [0.2, 0.25) is 11.7 Å². The van der Waals surface area contributed by atoms with Crippen molar-refractivity contribution in [2.45, 2.75) is 19.8 Å². The summed E-state index contributed by atoms with van der Waals surface area (Å²) in [7, 11) is 2.93. The third-order valence-corrected chi connectivity index (χ3v) is 5.79. The largest absolute Gasteiger partial charge is 0.504 e. The first-order chi connectivity index (χ1) is 15.9. The molecule has 172 valence electrons. The van der Waals surface area contributed by atoms with Gasteiger partial charge in [-0.3, -0.25) is 4.79 Å². The molecule has 1 amide bonds. The van der Waals surface area contributed by atoms with Gasteiger partial charge in [0.1, 0.15) is 0 Å². The molecule has 0 saturated heterocycles. The number of phenols is 1. The molecule has 10 heteroatoms. The van der Waals surface area contributed by atoms with Gasteiger partial charge in [0, 0.05) is 31.3 Å². The number of aromatic nitrogens is 2. The summed E-state index contributed by atoms with van der Waals surface area (Å²) >= 11 is 3.43. The van der Waals surface area contributed by atoms with E-state index in [0.29, 0.717) is 34.0 Å². The van der Waals surface area contributed by atoms with Crippen LogP contribution in [0.4, 0.5) is 17.2 Å². The van der Waals surface area contributed by atoms with Crippen molar-refractivity contribution in [2.75, 3.05) is 31.0 Å². The van der Waals surface area contributed by atoms with Crippen LogP contribution < -0.4 is 24.4 Å².